The Labute approximate surface area is 548 Å². The molecule has 4 aliphatic rings. The van der Waals surface area contributed by atoms with E-state index in [1.807, 2.05) is 0 Å². The standard InChI is InChI=1S/C86H64B2N4O2/c1-85(2,3)55-45-41-53(42-46-55)59-29-13-19-35-67(59)91-71-50-72-66(49-65(71)87-63-33-17-21-37-69(63)89(57-25-9-7-10-26-57)83-79-61-31-15-23-39-75(61)93-77(79)51-73(91)81(83)87)88-64-34-18-22-38-70(64)90(58-27-11-8-12-28-58)84-80-62-32-16-24-40-76(62)94-78(80)52-74(82(84)88)92(72)68-36-20-14-30-60(68)54-43-47-56(48-44-54)86(4,5)6/h7-52H,1-6H3. The predicted molar refractivity (Wildman–Crippen MR) is 397 cm³/mol. The molecule has 15 aromatic rings. The number of rotatable bonds is 6. The Kier molecular flexibility index (Phi) is 11.7. The van der Waals surface area contributed by atoms with E-state index in [-0.39, 0.29) is 24.3 Å². The Bertz CT molecular complexity index is 5280. The van der Waals surface area contributed by atoms with Crippen LogP contribution < -0.4 is 52.4 Å². The monoisotopic (exact) mass is 1210 g/mol. The van der Waals surface area contributed by atoms with E-state index in [1.165, 1.54) is 43.9 Å². The molecule has 0 radical (unpaired) electrons. The van der Waals surface area contributed by atoms with Gasteiger partial charge in [-0.05, 0) is 133 Å². The Morgan fingerprint density at radius 2 is 0.638 bits per heavy atom. The molecule has 4 aliphatic heterocycles. The highest BCUT2D eigenvalue weighted by atomic mass is 16.3. The molecule has 6 nitrogen and oxygen atoms in total. The van der Waals surface area contributed by atoms with E-state index in [9.17, 15) is 0 Å². The quantitative estimate of drug-likeness (QED) is 0.155. The number of hydrogen-bond acceptors (Lipinski definition) is 6. The minimum absolute atomic E-state index is 0.0193. The van der Waals surface area contributed by atoms with Gasteiger partial charge in [0.1, 0.15) is 22.3 Å². The molecule has 0 fully saturated rings. The minimum atomic E-state index is -0.225. The molecule has 19 rings (SSSR count). The third-order valence-corrected chi connectivity index (χ3v) is 20.5. The molecule has 0 aliphatic carbocycles. The fourth-order valence-corrected chi connectivity index (χ4v) is 16.3. The van der Waals surface area contributed by atoms with Gasteiger partial charge in [-0.25, -0.2) is 0 Å². The van der Waals surface area contributed by atoms with Crippen LogP contribution in [0.3, 0.4) is 0 Å². The molecule has 13 aromatic carbocycles. The molecule has 6 heterocycles. The molecule has 94 heavy (non-hydrogen) atoms. The second kappa shape index (κ2) is 20.1. The van der Waals surface area contributed by atoms with Crippen molar-refractivity contribution < 1.29 is 8.83 Å². The SMILES string of the molecule is CC(C)(C)c1ccc(-c2ccccc2N2c3cc4c(cc3B3c5ccccc5N(c5ccccc5)c5c3c2cc2oc3ccccc3c52)B2c3ccccc3N(c3ccccc3)c3c2c(cc2oc5ccccc5c32)N4c2ccccc2-c2ccc(C(C)(C)C)cc2)cc1. The van der Waals surface area contributed by atoms with Gasteiger partial charge in [0.2, 0.25) is 0 Å². The van der Waals surface area contributed by atoms with Gasteiger partial charge < -0.3 is 28.4 Å². The summed E-state index contributed by atoms with van der Waals surface area (Å²) in [7, 11) is 0. The second-order valence-electron chi connectivity index (χ2n) is 27.9. The Balaban J connectivity index is 0.983. The highest BCUT2D eigenvalue weighted by molar-refractivity contribution is 7.03. The van der Waals surface area contributed by atoms with Crippen LogP contribution in [0.25, 0.3) is 66.1 Å². The van der Waals surface area contributed by atoms with E-state index in [4.69, 9.17) is 8.83 Å². The van der Waals surface area contributed by atoms with Gasteiger partial charge in [-0.2, -0.15) is 0 Å². The normalized spacial score (nSPS) is 13.7. The van der Waals surface area contributed by atoms with E-state index in [0.29, 0.717) is 0 Å². The van der Waals surface area contributed by atoms with Crippen molar-refractivity contribution >= 4 is 158 Å². The van der Waals surface area contributed by atoms with Gasteiger partial charge in [0, 0.05) is 79.5 Å². The fraction of sp³-hybridized carbons (Fsp3) is 0.0930. The van der Waals surface area contributed by atoms with Crippen molar-refractivity contribution in [2.75, 3.05) is 19.6 Å². The number of benzene rings is 13. The van der Waals surface area contributed by atoms with E-state index in [1.54, 1.807) is 0 Å². The maximum absolute atomic E-state index is 7.21. The number of nitrogens with zero attached hydrogens (tertiary/aromatic N) is 4. The van der Waals surface area contributed by atoms with Crippen molar-refractivity contribution in [1.82, 2.24) is 0 Å². The Morgan fingerprint density at radius 3 is 1.05 bits per heavy atom. The Hall–Kier alpha value is -11.2. The number of hydrogen-bond donors (Lipinski definition) is 0. The lowest BCUT2D eigenvalue weighted by atomic mass is 9.30. The van der Waals surface area contributed by atoms with Crippen LogP contribution in [-0.4, -0.2) is 13.4 Å². The molecule has 446 valence electrons. The van der Waals surface area contributed by atoms with Gasteiger partial charge in [-0.3, -0.25) is 0 Å². The van der Waals surface area contributed by atoms with Crippen LogP contribution in [0, 0.1) is 0 Å². The summed E-state index contributed by atoms with van der Waals surface area (Å²) in [5.41, 5.74) is 31.1. The molecule has 0 N–H and O–H groups in total. The van der Waals surface area contributed by atoms with Crippen molar-refractivity contribution in [1.29, 1.82) is 0 Å². The molecule has 0 amide bonds. The fourth-order valence-electron chi connectivity index (χ4n) is 16.3. The minimum Gasteiger partial charge on any atom is -0.456 e. The third-order valence-electron chi connectivity index (χ3n) is 20.5. The molecule has 0 atom stereocenters. The lowest BCUT2D eigenvalue weighted by Crippen LogP contribution is -2.65. The summed E-state index contributed by atoms with van der Waals surface area (Å²) in [6.45, 7) is 13.3. The molecular weight excluding hydrogens is 1140 g/mol. The van der Waals surface area contributed by atoms with E-state index >= 15 is 0 Å². The summed E-state index contributed by atoms with van der Waals surface area (Å²) < 4.78 is 14.4. The molecule has 0 spiro atoms. The average molecular weight is 1210 g/mol. The Morgan fingerprint density at radius 1 is 0.277 bits per heavy atom. The third kappa shape index (κ3) is 7.92. The van der Waals surface area contributed by atoms with Gasteiger partial charge in [0.25, 0.3) is 13.4 Å². The molecule has 0 unspecified atom stereocenters. The zero-order chi connectivity index (χ0) is 62.9. The number of fused-ring (bicyclic) bond motifs is 16. The summed E-state index contributed by atoms with van der Waals surface area (Å²) in [4.78, 5) is 10.3. The summed E-state index contributed by atoms with van der Waals surface area (Å²) in [5, 5.41) is 4.37. The van der Waals surface area contributed by atoms with E-state index < -0.39 is 0 Å². The lowest BCUT2D eigenvalue weighted by Gasteiger charge is -2.47. The van der Waals surface area contributed by atoms with Gasteiger partial charge in [-0.15, -0.1) is 0 Å². The predicted octanol–water partition coefficient (Wildman–Crippen LogP) is 19.6. The summed E-state index contributed by atoms with van der Waals surface area (Å²) in [6.07, 6.45) is 0. The first kappa shape index (κ1) is 54.5. The maximum atomic E-state index is 7.21. The summed E-state index contributed by atoms with van der Waals surface area (Å²) in [5.74, 6) is 0. The van der Waals surface area contributed by atoms with Crippen molar-refractivity contribution in [2.45, 2.75) is 52.4 Å². The number of anilines is 12. The van der Waals surface area contributed by atoms with Crippen LogP contribution in [0.1, 0.15) is 52.7 Å². The van der Waals surface area contributed by atoms with Crippen LogP contribution in [0.15, 0.2) is 288 Å². The highest BCUT2D eigenvalue weighted by Gasteiger charge is 2.50. The first-order valence-electron chi connectivity index (χ1n) is 33.0. The van der Waals surface area contributed by atoms with Crippen molar-refractivity contribution in [3.63, 3.8) is 0 Å². The molecule has 8 heteroatoms. The number of furan rings is 2. The van der Waals surface area contributed by atoms with E-state index in [2.05, 4.69) is 340 Å². The van der Waals surface area contributed by atoms with Crippen molar-refractivity contribution in [2.24, 2.45) is 0 Å². The summed E-state index contributed by atoms with van der Waals surface area (Å²) >= 11 is 0. The topological polar surface area (TPSA) is 39.2 Å². The highest BCUT2D eigenvalue weighted by Crippen LogP contribution is 2.55. The summed E-state index contributed by atoms with van der Waals surface area (Å²) in [6, 6.07) is 104. The van der Waals surface area contributed by atoms with Crippen molar-refractivity contribution in [3.05, 3.63) is 290 Å². The molecule has 2 aromatic heterocycles. The van der Waals surface area contributed by atoms with Crippen LogP contribution in [0.2, 0.25) is 0 Å². The van der Waals surface area contributed by atoms with Crippen LogP contribution in [0.4, 0.5) is 68.2 Å². The maximum Gasteiger partial charge on any atom is 0.252 e. The van der Waals surface area contributed by atoms with Crippen LogP contribution in [-0.2, 0) is 10.8 Å². The van der Waals surface area contributed by atoms with E-state index in [0.717, 1.165) is 134 Å². The van der Waals surface area contributed by atoms with Gasteiger partial charge in [0.15, 0.2) is 0 Å². The lowest BCUT2D eigenvalue weighted by molar-refractivity contribution is 0.590. The first-order valence-corrected chi connectivity index (χ1v) is 33.0. The zero-order valence-corrected chi connectivity index (χ0v) is 53.3. The van der Waals surface area contributed by atoms with Gasteiger partial charge in [-0.1, -0.05) is 242 Å². The molecule has 0 bridgehead atoms. The van der Waals surface area contributed by atoms with Crippen LogP contribution >= 0.6 is 0 Å². The van der Waals surface area contributed by atoms with Crippen LogP contribution in [0.5, 0.6) is 0 Å². The molecule has 0 saturated heterocycles. The smallest absolute Gasteiger partial charge is 0.252 e. The van der Waals surface area contributed by atoms with Crippen molar-refractivity contribution in [3.8, 4) is 22.3 Å². The molecule has 0 saturated carbocycles. The largest absolute Gasteiger partial charge is 0.456 e. The first-order chi connectivity index (χ1) is 45.9. The van der Waals surface area contributed by atoms with Gasteiger partial charge >= 0.3 is 0 Å². The molecular formula is C86H64B2N4O2. The second-order valence-corrected chi connectivity index (χ2v) is 27.9. The zero-order valence-electron chi connectivity index (χ0n) is 53.3. The average Bonchev–Trinajstić information content (AvgIpc) is 1.14. The number of para-hydroxylation sites is 8. The van der Waals surface area contributed by atoms with Gasteiger partial charge in [0.05, 0.1) is 33.5 Å².